The number of pyridine rings is 1. The Balaban J connectivity index is 2.55. The molecule has 0 bridgehead atoms. The lowest BCUT2D eigenvalue weighted by Crippen LogP contribution is -2.09. The molecule has 0 unspecified atom stereocenters. The van der Waals surface area contributed by atoms with E-state index in [2.05, 4.69) is 4.98 Å². The molecule has 2 rings (SSSR count). The number of fused-ring (bicyclic) bond motifs is 1. The molecule has 0 atom stereocenters. The van der Waals surface area contributed by atoms with Crippen LogP contribution in [0, 0.1) is 0 Å². The third kappa shape index (κ3) is 2.20. The summed E-state index contributed by atoms with van der Waals surface area (Å²) in [5.41, 5.74) is 1.02. The van der Waals surface area contributed by atoms with Gasteiger partial charge in [0.25, 0.3) is 5.78 Å². The highest BCUT2D eigenvalue weighted by molar-refractivity contribution is 6.38. The molecule has 1 aromatic heterocycles. The molecule has 0 radical (unpaired) electrons. The number of carboxylic acids is 1. The molecule has 0 aliphatic heterocycles. The topological polar surface area (TPSA) is 87.5 Å². The van der Waals surface area contributed by atoms with Crippen LogP contribution >= 0.6 is 0 Å². The average Bonchev–Trinajstić information content (AvgIpc) is 2.37. The highest BCUT2D eigenvalue weighted by Gasteiger charge is 2.12. The van der Waals surface area contributed by atoms with Gasteiger partial charge in [0.2, 0.25) is 0 Å². The minimum Gasteiger partial charge on any atom is -0.507 e. The molecule has 2 aromatic rings. The minimum absolute atomic E-state index is 0.371. The number of rotatable bonds is 3. The van der Waals surface area contributed by atoms with Gasteiger partial charge in [-0.2, -0.15) is 0 Å². The number of aliphatic carboxylic acids is 1. The zero-order valence-corrected chi connectivity index (χ0v) is 9.20. The molecule has 18 heavy (non-hydrogen) atoms. The van der Waals surface area contributed by atoms with Crippen molar-refractivity contribution in [3.63, 3.8) is 0 Å². The molecule has 0 aliphatic rings. The summed E-state index contributed by atoms with van der Waals surface area (Å²) in [4.78, 5) is 25.5. The number of aromatic nitrogens is 1. The highest BCUT2D eigenvalue weighted by Crippen LogP contribution is 2.21. The number of hydrogen-bond acceptors (Lipinski definition) is 4. The van der Waals surface area contributed by atoms with Gasteiger partial charge in [0.1, 0.15) is 5.76 Å². The predicted molar refractivity (Wildman–Crippen MR) is 65.0 cm³/mol. The Kier molecular flexibility index (Phi) is 3.05. The number of benzene rings is 1. The number of carbonyl (C=O) groups excluding carboxylic acids is 1. The smallest absolute Gasteiger partial charge is 0.376 e. The Hall–Kier alpha value is -2.69. The van der Waals surface area contributed by atoms with E-state index in [9.17, 15) is 14.7 Å². The van der Waals surface area contributed by atoms with E-state index in [0.717, 1.165) is 0 Å². The average molecular weight is 243 g/mol. The van der Waals surface area contributed by atoms with Crippen LogP contribution in [0.15, 0.2) is 42.6 Å². The van der Waals surface area contributed by atoms with Crippen LogP contribution in [0.4, 0.5) is 0 Å². The van der Waals surface area contributed by atoms with E-state index in [-0.39, 0.29) is 5.76 Å². The highest BCUT2D eigenvalue weighted by atomic mass is 16.4. The maximum absolute atomic E-state index is 11.0. The van der Waals surface area contributed by atoms with Crippen molar-refractivity contribution < 1.29 is 19.8 Å². The number of hydrogen-bond donors (Lipinski definition) is 2. The standard InChI is InChI=1S/C13H9NO4/c15-11(7-12(16)13(17)18)9-5-6-14-10-4-2-1-3-8(9)10/h1-7,15H,(H,17,18). The van der Waals surface area contributed by atoms with E-state index < -0.39 is 11.8 Å². The summed E-state index contributed by atoms with van der Waals surface area (Å²) in [6.07, 6.45) is 2.16. The molecule has 5 nitrogen and oxygen atoms in total. The number of nitrogens with zero attached hydrogens (tertiary/aromatic N) is 1. The number of aliphatic hydroxyl groups is 1. The number of ketones is 1. The second kappa shape index (κ2) is 4.67. The van der Waals surface area contributed by atoms with Gasteiger partial charge in [-0.05, 0) is 12.1 Å². The first-order valence-corrected chi connectivity index (χ1v) is 5.11. The zero-order chi connectivity index (χ0) is 13.1. The Labute approximate surface area is 102 Å². The largest absolute Gasteiger partial charge is 0.507 e. The molecule has 0 saturated heterocycles. The van der Waals surface area contributed by atoms with E-state index in [1.807, 2.05) is 0 Å². The van der Waals surface area contributed by atoms with E-state index in [4.69, 9.17) is 5.11 Å². The lowest BCUT2D eigenvalue weighted by atomic mass is 10.1. The molecule has 1 aromatic carbocycles. The SMILES string of the molecule is O=C(O)C(=O)C=C(O)c1ccnc2ccccc12. The van der Waals surface area contributed by atoms with E-state index in [1.54, 1.807) is 24.3 Å². The third-order valence-corrected chi connectivity index (χ3v) is 2.40. The number of aliphatic hydroxyl groups excluding tert-OH is 1. The Morgan fingerprint density at radius 2 is 1.83 bits per heavy atom. The summed E-state index contributed by atoms with van der Waals surface area (Å²) in [6, 6.07) is 8.56. The summed E-state index contributed by atoms with van der Waals surface area (Å²) in [5.74, 6) is -3.17. The van der Waals surface area contributed by atoms with Crippen LogP contribution in [-0.2, 0) is 9.59 Å². The molecule has 0 saturated carbocycles. The summed E-state index contributed by atoms with van der Waals surface area (Å²) >= 11 is 0. The fraction of sp³-hybridized carbons (Fsp3) is 0. The van der Waals surface area contributed by atoms with Crippen molar-refractivity contribution in [2.45, 2.75) is 0 Å². The molecule has 0 fully saturated rings. The van der Waals surface area contributed by atoms with Crippen molar-refractivity contribution >= 4 is 28.4 Å². The van der Waals surface area contributed by atoms with Gasteiger partial charge in [-0.15, -0.1) is 0 Å². The minimum atomic E-state index is -1.61. The molecule has 0 amide bonds. The molecule has 0 spiro atoms. The molecule has 2 N–H and O–H groups in total. The maximum Gasteiger partial charge on any atom is 0.376 e. The second-order valence-corrected chi connectivity index (χ2v) is 3.57. The van der Waals surface area contributed by atoms with Crippen LogP contribution in [0.25, 0.3) is 16.7 Å². The van der Waals surface area contributed by atoms with Crippen molar-refractivity contribution in [1.29, 1.82) is 0 Å². The Bertz CT molecular complexity index is 656. The van der Waals surface area contributed by atoms with E-state index in [0.29, 0.717) is 22.5 Å². The first kappa shape index (κ1) is 11.8. The van der Waals surface area contributed by atoms with Crippen molar-refractivity contribution in [2.75, 3.05) is 0 Å². The van der Waals surface area contributed by atoms with Gasteiger partial charge in [-0.3, -0.25) is 9.78 Å². The molecule has 5 heteroatoms. The molecular weight excluding hydrogens is 234 g/mol. The van der Waals surface area contributed by atoms with Crippen molar-refractivity contribution in [3.8, 4) is 0 Å². The zero-order valence-electron chi connectivity index (χ0n) is 9.20. The molecule has 90 valence electrons. The van der Waals surface area contributed by atoms with Crippen LogP contribution in [-0.4, -0.2) is 26.9 Å². The van der Waals surface area contributed by atoms with Crippen LogP contribution in [0.3, 0.4) is 0 Å². The number of carboxylic acid groups (broad SMARTS) is 1. The van der Waals surface area contributed by atoms with Gasteiger partial charge in [0.05, 0.1) is 5.52 Å². The maximum atomic E-state index is 11.0. The Morgan fingerprint density at radius 1 is 1.11 bits per heavy atom. The van der Waals surface area contributed by atoms with Gasteiger partial charge in [-0.25, -0.2) is 4.79 Å². The van der Waals surface area contributed by atoms with Crippen LogP contribution < -0.4 is 0 Å². The lowest BCUT2D eigenvalue weighted by Gasteiger charge is -2.04. The van der Waals surface area contributed by atoms with Crippen molar-refractivity contribution in [2.24, 2.45) is 0 Å². The van der Waals surface area contributed by atoms with Crippen LogP contribution in [0.2, 0.25) is 0 Å². The predicted octanol–water partition coefficient (Wildman–Crippen LogP) is 1.79. The van der Waals surface area contributed by atoms with Gasteiger partial charge in [-0.1, -0.05) is 18.2 Å². The summed E-state index contributed by atoms with van der Waals surface area (Å²) in [6.45, 7) is 0. The first-order valence-electron chi connectivity index (χ1n) is 5.11. The second-order valence-electron chi connectivity index (χ2n) is 3.57. The molecule has 0 aliphatic carbocycles. The van der Waals surface area contributed by atoms with E-state index >= 15 is 0 Å². The van der Waals surface area contributed by atoms with Crippen LogP contribution in [0.1, 0.15) is 5.56 Å². The first-order chi connectivity index (χ1) is 8.59. The van der Waals surface area contributed by atoms with Gasteiger partial charge < -0.3 is 10.2 Å². The quantitative estimate of drug-likeness (QED) is 0.487. The summed E-state index contributed by atoms with van der Waals surface area (Å²) in [7, 11) is 0. The van der Waals surface area contributed by atoms with Gasteiger partial charge in [0, 0.05) is 23.2 Å². The molecular formula is C13H9NO4. The van der Waals surface area contributed by atoms with Gasteiger partial charge in [0.15, 0.2) is 0 Å². The molecule has 1 heterocycles. The third-order valence-electron chi connectivity index (χ3n) is 2.40. The number of para-hydroxylation sites is 1. The van der Waals surface area contributed by atoms with Gasteiger partial charge >= 0.3 is 5.97 Å². The van der Waals surface area contributed by atoms with Crippen LogP contribution in [0.5, 0.6) is 0 Å². The fourth-order valence-corrected chi connectivity index (χ4v) is 1.58. The monoisotopic (exact) mass is 243 g/mol. The lowest BCUT2D eigenvalue weighted by molar-refractivity contribution is -0.146. The summed E-state index contributed by atoms with van der Waals surface area (Å²) < 4.78 is 0. The summed E-state index contributed by atoms with van der Waals surface area (Å²) in [5, 5.41) is 18.9. The van der Waals surface area contributed by atoms with E-state index in [1.165, 1.54) is 12.3 Å². The number of carbonyl (C=O) groups is 2. The normalized spacial score (nSPS) is 11.4. The fourth-order valence-electron chi connectivity index (χ4n) is 1.58. The Morgan fingerprint density at radius 3 is 2.56 bits per heavy atom. The van der Waals surface area contributed by atoms with Crippen molar-refractivity contribution in [1.82, 2.24) is 4.98 Å². The van der Waals surface area contributed by atoms with Crippen molar-refractivity contribution in [3.05, 3.63) is 48.2 Å².